The Bertz CT molecular complexity index is 401. The molecule has 2 rings (SSSR count). The van der Waals surface area contributed by atoms with Crippen molar-refractivity contribution in [3.63, 3.8) is 0 Å². The van der Waals surface area contributed by atoms with Crippen molar-refractivity contribution in [2.45, 2.75) is 63.8 Å². The third kappa shape index (κ3) is 4.55. The van der Waals surface area contributed by atoms with E-state index >= 15 is 0 Å². The third-order valence-corrected chi connectivity index (χ3v) is 4.71. The van der Waals surface area contributed by atoms with Crippen LogP contribution in [0, 0.1) is 11.8 Å². The van der Waals surface area contributed by atoms with Crippen molar-refractivity contribution in [1.82, 2.24) is 5.32 Å². The number of carbonyl (C=O) groups is 3. The molecule has 5 heteroatoms. The van der Waals surface area contributed by atoms with Crippen LogP contribution in [0.3, 0.4) is 0 Å². The highest BCUT2D eigenvalue weighted by molar-refractivity contribution is 5.86. The molecule has 0 heterocycles. The number of esters is 1. The lowest BCUT2D eigenvalue weighted by atomic mass is 9.83. The molecule has 0 spiro atoms. The van der Waals surface area contributed by atoms with Crippen molar-refractivity contribution >= 4 is 17.7 Å². The lowest BCUT2D eigenvalue weighted by molar-refractivity contribution is -0.147. The SMILES string of the molecule is COC(=O)[C@H](NC(=O)CC1CCCC1)[C@H]1CCCC(=O)C1. The highest BCUT2D eigenvalue weighted by Gasteiger charge is 2.34. The van der Waals surface area contributed by atoms with Gasteiger partial charge in [-0.15, -0.1) is 0 Å². The number of Topliss-reactive ketones (excluding diaryl/α,β-unsaturated/α-hetero) is 1. The molecule has 0 aromatic heterocycles. The summed E-state index contributed by atoms with van der Waals surface area (Å²) in [5, 5.41) is 2.82. The highest BCUT2D eigenvalue weighted by Crippen LogP contribution is 2.28. The lowest BCUT2D eigenvalue weighted by Gasteiger charge is -2.28. The van der Waals surface area contributed by atoms with Gasteiger partial charge in [-0.25, -0.2) is 4.79 Å². The summed E-state index contributed by atoms with van der Waals surface area (Å²) < 4.78 is 4.81. The zero-order valence-electron chi connectivity index (χ0n) is 12.7. The predicted octanol–water partition coefficient (Wildman–Crippen LogP) is 1.98. The molecule has 0 bridgehead atoms. The van der Waals surface area contributed by atoms with Gasteiger partial charge in [-0.3, -0.25) is 9.59 Å². The van der Waals surface area contributed by atoms with Gasteiger partial charge in [-0.2, -0.15) is 0 Å². The van der Waals surface area contributed by atoms with Crippen molar-refractivity contribution < 1.29 is 19.1 Å². The zero-order valence-corrected chi connectivity index (χ0v) is 12.7. The number of ether oxygens (including phenoxy) is 1. The molecule has 1 amide bonds. The van der Waals surface area contributed by atoms with E-state index in [2.05, 4.69) is 5.32 Å². The van der Waals surface area contributed by atoms with E-state index in [1.54, 1.807) is 0 Å². The van der Waals surface area contributed by atoms with Crippen molar-refractivity contribution in [3.05, 3.63) is 0 Å². The van der Waals surface area contributed by atoms with Crippen LogP contribution >= 0.6 is 0 Å². The Balaban J connectivity index is 1.93. The first-order valence-corrected chi connectivity index (χ1v) is 7.99. The number of hydrogen-bond acceptors (Lipinski definition) is 4. The fourth-order valence-electron chi connectivity index (χ4n) is 3.55. The molecule has 2 aliphatic rings. The van der Waals surface area contributed by atoms with Crippen LogP contribution in [0.15, 0.2) is 0 Å². The normalized spacial score (nSPS) is 24.6. The molecule has 2 fully saturated rings. The monoisotopic (exact) mass is 295 g/mol. The van der Waals surface area contributed by atoms with Crippen LogP contribution in [0.25, 0.3) is 0 Å². The van der Waals surface area contributed by atoms with Crippen LogP contribution < -0.4 is 5.32 Å². The summed E-state index contributed by atoms with van der Waals surface area (Å²) in [7, 11) is 1.32. The molecule has 2 aliphatic carbocycles. The Morgan fingerprint density at radius 2 is 1.95 bits per heavy atom. The van der Waals surface area contributed by atoms with Crippen molar-refractivity contribution in [2.24, 2.45) is 11.8 Å². The van der Waals surface area contributed by atoms with E-state index in [0.717, 1.165) is 25.7 Å². The Kier molecular flexibility index (Phi) is 5.76. The van der Waals surface area contributed by atoms with Crippen LogP contribution in [-0.4, -0.2) is 30.8 Å². The van der Waals surface area contributed by atoms with Gasteiger partial charge in [-0.1, -0.05) is 12.8 Å². The summed E-state index contributed by atoms with van der Waals surface area (Å²) >= 11 is 0. The number of ketones is 1. The first-order chi connectivity index (χ1) is 10.1. The second kappa shape index (κ2) is 7.57. The second-order valence-electron chi connectivity index (χ2n) is 6.32. The molecule has 0 aliphatic heterocycles. The molecule has 2 saturated carbocycles. The van der Waals surface area contributed by atoms with Gasteiger partial charge in [0.05, 0.1) is 7.11 Å². The van der Waals surface area contributed by atoms with Gasteiger partial charge >= 0.3 is 5.97 Å². The molecule has 118 valence electrons. The molecular weight excluding hydrogens is 270 g/mol. The number of amides is 1. The first-order valence-electron chi connectivity index (χ1n) is 7.99. The maximum absolute atomic E-state index is 12.2. The lowest BCUT2D eigenvalue weighted by Crippen LogP contribution is -2.48. The Hall–Kier alpha value is -1.39. The quantitative estimate of drug-likeness (QED) is 0.787. The minimum absolute atomic E-state index is 0.0877. The Morgan fingerprint density at radius 3 is 2.57 bits per heavy atom. The van der Waals surface area contributed by atoms with Crippen molar-refractivity contribution in [2.75, 3.05) is 7.11 Å². The van der Waals surface area contributed by atoms with Gasteiger partial charge in [-0.05, 0) is 37.5 Å². The Labute approximate surface area is 125 Å². The predicted molar refractivity (Wildman–Crippen MR) is 77.5 cm³/mol. The topological polar surface area (TPSA) is 72.5 Å². The summed E-state index contributed by atoms with van der Waals surface area (Å²) in [6.45, 7) is 0. The Morgan fingerprint density at radius 1 is 1.24 bits per heavy atom. The van der Waals surface area contributed by atoms with E-state index in [4.69, 9.17) is 4.74 Å². The summed E-state index contributed by atoms with van der Waals surface area (Å²) in [5.74, 6) is -0.0301. The fourth-order valence-corrected chi connectivity index (χ4v) is 3.55. The molecule has 21 heavy (non-hydrogen) atoms. The largest absolute Gasteiger partial charge is 0.467 e. The van der Waals surface area contributed by atoms with E-state index < -0.39 is 12.0 Å². The summed E-state index contributed by atoms with van der Waals surface area (Å²) in [4.78, 5) is 35.7. The van der Waals surface area contributed by atoms with Crippen LogP contribution in [0.5, 0.6) is 0 Å². The second-order valence-corrected chi connectivity index (χ2v) is 6.32. The maximum Gasteiger partial charge on any atom is 0.328 e. The smallest absolute Gasteiger partial charge is 0.328 e. The molecule has 0 unspecified atom stereocenters. The van der Waals surface area contributed by atoms with Crippen LogP contribution in [0.4, 0.5) is 0 Å². The van der Waals surface area contributed by atoms with E-state index in [1.807, 2.05) is 0 Å². The minimum atomic E-state index is -0.673. The van der Waals surface area contributed by atoms with Gasteiger partial charge in [0.1, 0.15) is 11.8 Å². The summed E-state index contributed by atoms with van der Waals surface area (Å²) in [6.07, 6.45) is 7.57. The van der Waals surface area contributed by atoms with E-state index in [1.165, 1.54) is 20.0 Å². The number of carbonyl (C=O) groups excluding carboxylic acids is 3. The van der Waals surface area contributed by atoms with Crippen LogP contribution in [-0.2, 0) is 19.1 Å². The van der Waals surface area contributed by atoms with Gasteiger partial charge in [0.25, 0.3) is 0 Å². The first kappa shape index (κ1) is 16.0. The molecule has 0 radical (unpaired) electrons. The molecule has 2 atom stereocenters. The van der Waals surface area contributed by atoms with Gasteiger partial charge in [0.15, 0.2) is 0 Å². The van der Waals surface area contributed by atoms with Crippen molar-refractivity contribution in [1.29, 1.82) is 0 Å². The number of hydrogen-bond donors (Lipinski definition) is 1. The molecule has 1 N–H and O–H groups in total. The van der Waals surface area contributed by atoms with Gasteiger partial charge in [0.2, 0.25) is 5.91 Å². The number of methoxy groups -OCH3 is 1. The summed E-state index contributed by atoms with van der Waals surface area (Å²) in [6, 6.07) is -0.673. The fraction of sp³-hybridized carbons (Fsp3) is 0.812. The van der Waals surface area contributed by atoms with Crippen LogP contribution in [0.2, 0.25) is 0 Å². The van der Waals surface area contributed by atoms with E-state index in [9.17, 15) is 14.4 Å². The van der Waals surface area contributed by atoms with Crippen LogP contribution in [0.1, 0.15) is 57.8 Å². The van der Waals surface area contributed by atoms with Crippen molar-refractivity contribution in [3.8, 4) is 0 Å². The highest BCUT2D eigenvalue weighted by atomic mass is 16.5. The standard InChI is InChI=1S/C16H25NO4/c1-21-16(20)15(12-7-4-8-13(18)10-12)17-14(19)9-11-5-2-3-6-11/h11-12,15H,2-10H2,1H3,(H,17,19)/t12-,15+/m0/s1. The number of nitrogens with one attached hydrogen (secondary N) is 1. The van der Waals surface area contributed by atoms with E-state index in [-0.39, 0.29) is 17.6 Å². The van der Waals surface area contributed by atoms with E-state index in [0.29, 0.717) is 25.2 Å². The summed E-state index contributed by atoms with van der Waals surface area (Å²) in [5.41, 5.74) is 0. The average Bonchev–Trinajstić information content (AvgIpc) is 2.96. The molecule has 0 saturated heterocycles. The zero-order chi connectivity index (χ0) is 15.2. The molecule has 5 nitrogen and oxygen atoms in total. The number of rotatable bonds is 5. The average molecular weight is 295 g/mol. The molecule has 0 aromatic rings. The minimum Gasteiger partial charge on any atom is -0.467 e. The van der Waals surface area contributed by atoms with Gasteiger partial charge in [0, 0.05) is 19.3 Å². The maximum atomic E-state index is 12.2. The molecule has 0 aromatic carbocycles. The molecular formula is C16H25NO4. The third-order valence-electron chi connectivity index (χ3n) is 4.71. The van der Waals surface area contributed by atoms with Gasteiger partial charge < -0.3 is 10.1 Å².